The third-order valence-electron chi connectivity index (χ3n) is 1.53. The van der Waals surface area contributed by atoms with Gasteiger partial charge in [0.1, 0.15) is 0 Å². The lowest BCUT2D eigenvalue weighted by molar-refractivity contribution is 0.150. The van der Waals surface area contributed by atoms with Crippen molar-refractivity contribution in [3.63, 3.8) is 0 Å². The van der Waals surface area contributed by atoms with Gasteiger partial charge in [-0.25, -0.2) is 9.10 Å². The molecule has 0 spiro atoms. The highest BCUT2D eigenvalue weighted by Gasteiger charge is 2.12. The van der Waals surface area contributed by atoms with E-state index in [2.05, 4.69) is 4.18 Å². The van der Waals surface area contributed by atoms with Crippen molar-refractivity contribution in [2.45, 2.75) is 19.3 Å². The lowest BCUT2D eigenvalue weighted by Crippen LogP contribution is -2.23. The van der Waals surface area contributed by atoms with Crippen molar-refractivity contribution in [3.05, 3.63) is 0 Å². The Balaban J connectivity index is 2.09. The predicted octanol–water partition coefficient (Wildman–Crippen LogP) is 1.73. The van der Waals surface area contributed by atoms with Crippen molar-refractivity contribution < 1.29 is 14.1 Å². The minimum Gasteiger partial charge on any atom is -0.449 e. The Labute approximate surface area is 69.9 Å². The first kappa shape index (κ1) is 8.67. The monoisotopic (exact) mass is 177 g/mol. The number of hydrogen-bond donors (Lipinski definition) is 1. The summed E-state index contributed by atoms with van der Waals surface area (Å²) in [7, 11) is 0. The van der Waals surface area contributed by atoms with Crippen LogP contribution in [0.5, 0.6) is 0 Å². The van der Waals surface area contributed by atoms with Crippen molar-refractivity contribution in [3.8, 4) is 0 Å². The summed E-state index contributed by atoms with van der Waals surface area (Å²) in [5.41, 5.74) is 0. The van der Waals surface area contributed by atoms with Crippen LogP contribution < -0.4 is 0 Å². The molecule has 1 aliphatic rings. The number of rotatable bonds is 2. The Hall–Kier alpha value is -0.420. The topological polar surface area (TPSA) is 49.8 Å². The number of hydrogen-bond acceptors (Lipinski definition) is 4. The van der Waals surface area contributed by atoms with E-state index in [1.807, 2.05) is 4.31 Å². The average Bonchev–Trinajstić information content (AvgIpc) is 2.03. The van der Waals surface area contributed by atoms with Gasteiger partial charge in [0.15, 0.2) is 12.2 Å². The van der Waals surface area contributed by atoms with Crippen LogP contribution in [0.15, 0.2) is 0 Å². The molecule has 1 heterocycles. The summed E-state index contributed by atoms with van der Waals surface area (Å²) in [6.07, 6.45) is 2.29. The van der Waals surface area contributed by atoms with E-state index in [4.69, 9.17) is 5.11 Å². The maximum absolute atomic E-state index is 9.97. The molecular weight excluding hydrogens is 166 g/mol. The molecule has 0 atom stereocenters. The first-order valence-electron chi connectivity index (χ1n) is 3.61. The van der Waals surface area contributed by atoms with Crippen LogP contribution in [0.4, 0.5) is 4.79 Å². The van der Waals surface area contributed by atoms with Gasteiger partial charge >= 0.3 is 6.16 Å². The molecule has 64 valence electrons. The molecule has 0 saturated carbocycles. The third-order valence-corrected chi connectivity index (χ3v) is 2.32. The van der Waals surface area contributed by atoms with Crippen LogP contribution in [0.25, 0.3) is 0 Å². The first-order valence-corrected chi connectivity index (χ1v) is 4.31. The maximum atomic E-state index is 9.97. The average molecular weight is 177 g/mol. The summed E-state index contributed by atoms with van der Waals surface area (Å²) in [5.74, 6) is 0. The summed E-state index contributed by atoms with van der Waals surface area (Å²) in [6, 6.07) is 0. The second-order valence-corrected chi connectivity index (χ2v) is 3.25. The van der Waals surface area contributed by atoms with Gasteiger partial charge in [0.2, 0.25) is 0 Å². The van der Waals surface area contributed by atoms with Crippen LogP contribution in [0.3, 0.4) is 0 Å². The Morgan fingerprint density at radius 3 is 2.55 bits per heavy atom. The summed E-state index contributed by atoms with van der Waals surface area (Å²) in [5, 5.41) is 8.17. The summed E-state index contributed by atoms with van der Waals surface area (Å²) >= 11 is 0.939. The molecule has 5 heteroatoms. The van der Waals surface area contributed by atoms with Gasteiger partial charge in [-0.05, 0) is 12.8 Å². The molecular formula is C6H11NO3S. The zero-order valence-electron chi connectivity index (χ0n) is 6.15. The summed E-state index contributed by atoms with van der Waals surface area (Å²) < 4.78 is 6.27. The number of carboxylic acid groups (broad SMARTS) is 1. The molecule has 4 nitrogen and oxygen atoms in total. The zero-order valence-corrected chi connectivity index (χ0v) is 6.97. The van der Waals surface area contributed by atoms with Crippen LogP contribution in [0.1, 0.15) is 19.3 Å². The van der Waals surface area contributed by atoms with Gasteiger partial charge in [-0.2, -0.15) is 0 Å². The standard InChI is InChI=1S/C6H11NO3S/c8-6(9)10-11-7-4-2-1-3-5-7/h1-5H2,(H,8,9). The van der Waals surface area contributed by atoms with E-state index >= 15 is 0 Å². The van der Waals surface area contributed by atoms with Gasteiger partial charge in [-0.1, -0.05) is 6.42 Å². The van der Waals surface area contributed by atoms with E-state index in [-0.39, 0.29) is 0 Å². The zero-order chi connectivity index (χ0) is 8.10. The molecule has 1 aliphatic heterocycles. The van der Waals surface area contributed by atoms with E-state index in [9.17, 15) is 4.79 Å². The van der Waals surface area contributed by atoms with Gasteiger partial charge < -0.3 is 9.29 Å². The minimum atomic E-state index is -1.22. The summed E-state index contributed by atoms with van der Waals surface area (Å²) in [6.45, 7) is 1.86. The van der Waals surface area contributed by atoms with E-state index in [0.717, 1.165) is 38.2 Å². The largest absolute Gasteiger partial charge is 0.519 e. The predicted molar refractivity (Wildman–Crippen MR) is 42.1 cm³/mol. The molecule has 0 unspecified atom stereocenters. The molecule has 0 aromatic rings. The molecule has 1 N–H and O–H groups in total. The Bertz CT molecular complexity index is 136. The molecule has 1 saturated heterocycles. The second kappa shape index (κ2) is 4.46. The number of piperidine rings is 1. The second-order valence-electron chi connectivity index (χ2n) is 2.41. The highest BCUT2D eigenvalue weighted by molar-refractivity contribution is 7.92. The van der Waals surface area contributed by atoms with Crippen molar-refractivity contribution >= 4 is 18.4 Å². The molecule has 0 aromatic carbocycles. The van der Waals surface area contributed by atoms with Gasteiger partial charge in [-0.3, -0.25) is 0 Å². The van der Waals surface area contributed by atoms with Crippen molar-refractivity contribution in [1.29, 1.82) is 0 Å². The Morgan fingerprint density at radius 2 is 2.00 bits per heavy atom. The van der Waals surface area contributed by atoms with Crippen LogP contribution in [0, 0.1) is 0 Å². The fourth-order valence-electron chi connectivity index (χ4n) is 1.02. The molecule has 1 rings (SSSR count). The van der Waals surface area contributed by atoms with Crippen molar-refractivity contribution in [2.75, 3.05) is 13.1 Å². The van der Waals surface area contributed by atoms with Gasteiger partial charge in [-0.15, -0.1) is 0 Å². The highest BCUT2D eigenvalue weighted by Crippen LogP contribution is 2.18. The molecule has 11 heavy (non-hydrogen) atoms. The lowest BCUT2D eigenvalue weighted by atomic mass is 10.2. The van der Waals surface area contributed by atoms with Crippen LogP contribution in [0.2, 0.25) is 0 Å². The normalized spacial score (nSPS) is 19.6. The summed E-state index contributed by atoms with van der Waals surface area (Å²) in [4.78, 5) is 9.97. The van der Waals surface area contributed by atoms with E-state index in [0.29, 0.717) is 0 Å². The van der Waals surface area contributed by atoms with Crippen molar-refractivity contribution in [1.82, 2.24) is 4.31 Å². The molecule has 0 bridgehead atoms. The van der Waals surface area contributed by atoms with E-state index < -0.39 is 6.16 Å². The first-order chi connectivity index (χ1) is 5.29. The van der Waals surface area contributed by atoms with Crippen molar-refractivity contribution in [2.24, 2.45) is 0 Å². The lowest BCUT2D eigenvalue weighted by Gasteiger charge is -2.22. The van der Waals surface area contributed by atoms with Gasteiger partial charge in [0, 0.05) is 13.1 Å². The van der Waals surface area contributed by atoms with Gasteiger partial charge in [0.05, 0.1) is 0 Å². The van der Waals surface area contributed by atoms with Crippen LogP contribution in [-0.2, 0) is 4.18 Å². The number of nitrogens with zero attached hydrogens (tertiary/aromatic N) is 1. The molecule has 0 aromatic heterocycles. The fraction of sp³-hybridized carbons (Fsp3) is 0.833. The molecule has 1 fully saturated rings. The highest BCUT2D eigenvalue weighted by atomic mass is 32.2. The smallest absolute Gasteiger partial charge is 0.449 e. The molecule has 0 aliphatic carbocycles. The van der Waals surface area contributed by atoms with Crippen LogP contribution in [-0.4, -0.2) is 28.7 Å². The quantitative estimate of drug-likeness (QED) is 0.514. The molecule has 0 amide bonds. The SMILES string of the molecule is O=C(O)OSN1CCCCC1. The van der Waals surface area contributed by atoms with Crippen LogP contribution >= 0.6 is 12.2 Å². The van der Waals surface area contributed by atoms with E-state index in [1.165, 1.54) is 6.42 Å². The minimum absolute atomic E-state index is 0.929. The fourth-order valence-corrected chi connectivity index (χ4v) is 1.60. The Kier molecular flexibility index (Phi) is 3.51. The molecule has 0 radical (unpaired) electrons. The third kappa shape index (κ3) is 3.48. The Morgan fingerprint density at radius 1 is 1.36 bits per heavy atom. The van der Waals surface area contributed by atoms with Gasteiger partial charge in [0.25, 0.3) is 0 Å². The number of carbonyl (C=O) groups is 1. The maximum Gasteiger partial charge on any atom is 0.519 e. The van der Waals surface area contributed by atoms with E-state index in [1.54, 1.807) is 0 Å².